The Morgan fingerprint density at radius 1 is 1.36 bits per heavy atom. The first-order valence-corrected chi connectivity index (χ1v) is 6.71. The largest absolute Gasteiger partial charge is 0.543 e. The lowest BCUT2D eigenvalue weighted by Gasteiger charge is -2.06. The van der Waals surface area contributed by atoms with E-state index < -0.39 is 10.9 Å². The Hall–Kier alpha value is -2.90. The minimum absolute atomic E-state index is 0.124. The molecule has 8 heteroatoms. The van der Waals surface area contributed by atoms with Gasteiger partial charge < -0.3 is 20.2 Å². The lowest BCUT2D eigenvalue weighted by Crippen LogP contribution is -2.27. The zero-order valence-electron chi connectivity index (χ0n) is 11.8. The molecule has 2 aromatic rings. The number of hydrogen-bond donors (Lipinski definition) is 2. The molecule has 22 heavy (non-hydrogen) atoms. The van der Waals surface area contributed by atoms with Gasteiger partial charge in [-0.05, 0) is 18.1 Å². The number of carbonyl (C=O) groups is 2. The highest BCUT2D eigenvalue weighted by Crippen LogP contribution is 2.26. The quantitative estimate of drug-likeness (QED) is 0.593. The second kappa shape index (κ2) is 6.25. The maximum Gasteiger partial charge on any atom is 0.270 e. The molecule has 1 aromatic heterocycles. The van der Waals surface area contributed by atoms with Gasteiger partial charge in [0.05, 0.1) is 16.6 Å². The number of nitrogens with one attached hydrogen (secondary N) is 2. The van der Waals surface area contributed by atoms with Gasteiger partial charge in [-0.2, -0.15) is 0 Å². The summed E-state index contributed by atoms with van der Waals surface area (Å²) < 4.78 is 0. The summed E-state index contributed by atoms with van der Waals surface area (Å²) in [5.41, 5.74) is 0.605. The summed E-state index contributed by atoms with van der Waals surface area (Å²) in [7, 11) is 0. The average molecular weight is 304 g/mol. The van der Waals surface area contributed by atoms with Gasteiger partial charge in [0.1, 0.15) is 0 Å². The van der Waals surface area contributed by atoms with Crippen molar-refractivity contribution in [2.75, 3.05) is 6.54 Å². The monoisotopic (exact) mass is 304 g/mol. The summed E-state index contributed by atoms with van der Waals surface area (Å²) in [6.07, 6.45) is 0.558. The summed E-state index contributed by atoms with van der Waals surface area (Å²) in [5, 5.41) is 25.1. The van der Waals surface area contributed by atoms with Crippen LogP contribution in [0.5, 0.6) is 0 Å². The van der Waals surface area contributed by atoms with Crippen molar-refractivity contribution < 1.29 is 19.6 Å². The van der Waals surface area contributed by atoms with Crippen LogP contribution >= 0.6 is 0 Å². The Kier molecular flexibility index (Phi) is 4.40. The van der Waals surface area contributed by atoms with Gasteiger partial charge in [-0.3, -0.25) is 14.9 Å². The van der Waals surface area contributed by atoms with E-state index in [1.165, 1.54) is 18.2 Å². The van der Waals surface area contributed by atoms with Crippen LogP contribution in [0.15, 0.2) is 18.2 Å². The Bertz CT molecular complexity index is 750. The molecule has 1 aromatic carbocycles. The van der Waals surface area contributed by atoms with Crippen molar-refractivity contribution in [3.63, 3.8) is 0 Å². The molecular formula is C14H14N3O5-. The lowest BCUT2D eigenvalue weighted by atomic mass is 10.1. The fourth-order valence-electron chi connectivity index (χ4n) is 2.24. The third-order valence-corrected chi connectivity index (χ3v) is 3.32. The Morgan fingerprint density at radius 2 is 2.09 bits per heavy atom. The van der Waals surface area contributed by atoms with Crippen LogP contribution in [0.2, 0.25) is 0 Å². The van der Waals surface area contributed by atoms with Crippen molar-refractivity contribution in [1.82, 2.24) is 10.3 Å². The Morgan fingerprint density at radius 3 is 2.68 bits per heavy atom. The second-order valence-electron chi connectivity index (χ2n) is 4.71. The number of rotatable bonds is 6. The molecule has 8 nitrogen and oxygen atoms in total. The standard InChI is InChI=1S/C14H15N3O5/c1-2-12(18)15-6-5-9-10-7-8(17(21)22)3-4-11(10)16-13(9)14(19)20/h3-4,7,16H,2,5-6H2,1H3,(H,15,18)(H,19,20)/p-1. The molecule has 1 amide bonds. The summed E-state index contributed by atoms with van der Waals surface area (Å²) in [6, 6.07) is 4.06. The second-order valence-corrected chi connectivity index (χ2v) is 4.71. The van der Waals surface area contributed by atoms with Crippen molar-refractivity contribution >= 4 is 28.5 Å². The number of hydrogen-bond acceptors (Lipinski definition) is 5. The molecule has 116 valence electrons. The number of carbonyl (C=O) groups excluding carboxylic acids is 2. The maximum atomic E-state index is 11.2. The molecule has 0 atom stereocenters. The molecule has 2 rings (SSSR count). The smallest absolute Gasteiger partial charge is 0.270 e. The number of amides is 1. The topological polar surface area (TPSA) is 128 Å². The van der Waals surface area contributed by atoms with Crippen LogP contribution in [0.4, 0.5) is 5.69 Å². The minimum atomic E-state index is -1.39. The molecule has 0 fully saturated rings. The van der Waals surface area contributed by atoms with Crippen LogP contribution in [0.25, 0.3) is 10.9 Å². The van der Waals surface area contributed by atoms with Crippen molar-refractivity contribution in [3.05, 3.63) is 39.6 Å². The third-order valence-electron chi connectivity index (χ3n) is 3.32. The van der Waals surface area contributed by atoms with Gasteiger partial charge in [0.25, 0.3) is 5.69 Å². The van der Waals surface area contributed by atoms with Crippen molar-refractivity contribution in [2.45, 2.75) is 19.8 Å². The number of benzene rings is 1. The van der Waals surface area contributed by atoms with Gasteiger partial charge in [0, 0.05) is 36.0 Å². The molecule has 0 radical (unpaired) electrons. The van der Waals surface area contributed by atoms with E-state index >= 15 is 0 Å². The molecule has 0 saturated carbocycles. The first-order chi connectivity index (χ1) is 10.4. The number of fused-ring (bicyclic) bond motifs is 1. The average Bonchev–Trinajstić information content (AvgIpc) is 2.85. The highest BCUT2D eigenvalue weighted by atomic mass is 16.6. The Labute approximate surface area is 125 Å². The van der Waals surface area contributed by atoms with Crippen molar-refractivity contribution in [2.24, 2.45) is 0 Å². The number of nitro groups is 1. The number of H-pyrrole nitrogens is 1. The van der Waals surface area contributed by atoms with Crippen LogP contribution in [-0.4, -0.2) is 28.3 Å². The Balaban J connectivity index is 2.40. The van der Waals surface area contributed by atoms with Gasteiger partial charge in [0.2, 0.25) is 5.91 Å². The van der Waals surface area contributed by atoms with Crippen LogP contribution in [-0.2, 0) is 11.2 Å². The first-order valence-electron chi connectivity index (χ1n) is 6.71. The molecule has 0 spiro atoms. The normalized spacial score (nSPS) is 10.6. The first kappa shape index (κ1) is 15.5. The number of aromatic nitrogens is 1. The molecule has 0 aliphatic heterocycles. The van der Waals surface area contributed by atoms with E-state index in [4.69, 9.17) is 0 Å². The summed E-state index contributed by atoms with van der Waals surface area (Å²) >= 11 is 0. The SMILES string of the molecule is CCC(=O)NCCc1c(C(=O)[O-])[nH]c2ccc([N+](=O)[O-])cc12. The number of nitro benzene ring substituents is 1. The fraction of sp³-hybridized carbons (Fsp3) is 0.286. The third kappa shape index (κ3) is 3.05. The number of nitrogens with zero attached hydrogens (tertiary/aromatic N) is 1. The van der Waals surface area contributed by atoms with Crippen molar-refractivity contribution in [1.29, 1.82) is 0 Å². The summed E-state index contributed by atoms with van der Waals surface area (Å²) in [5.74, 6) is -1.54. The highest BCUT2D eigenvalue weighted by molar-refractivity contribution is 5.97. The number of non-ortho nitro benzene ring substituents is 1. The van der Waals surface area contributed by atoms with Gasteiger partial charge in [-0.15, -0.1) is 0 Å². The van der Waals surface area contributed by atoms with E-state index in [0.29, 0.717) is 22.9 Å². The zero-order chi connectivity index (χ0) is 16.3. The molecule has 0 bridgehead atoms. The molecule has 2 N–H and O–H groups in total. The summed E-state index contributed by atoms with van der Waals surface area (Å²) in [6.45, 7) is 1.94. The minimum Gasteiger partial charge on any atom is -0.543 e. The van der Waals surface area contributed by atoms with Gasteiger partial charge in [0.15, 0.2) is 0 Å². The maximum absolute atomic E-state index is 11.2. The number of aromatic carboxylic acids is 1. The highest BCUT2D eigenvalue weighted by Gasteiger charge is 2.15. The van der Waals surface area contributed by atoms with Crippen LogP contribution in [0.1, 0.15) is 29.4 Å². The van der Waals surface area contributed by atoms with E-state index in [-0.39, 0.29) is 30.3 Å². The van der Waals surface area contributed by atoms with Crippen molar-refractivity contribution in [3.8, 4) is 0 Å². The number of carboxylic acid groups (broad SMARTS) is 1. The van der Waals surface area contributed by atoms with E-state index in [9.17, 15) is 24.8 Å². The van der Waals surface area contributed by atoms with Gasteiger partial charge in [-0.25, -0.2) is 0 Å². The predicted octanol–water partition coefficient (Wildman–Crippen LogP) is 0.508. The van der Waals surface area contributed by atoms with Crippen LogP contribution < -0.4 is 10.4 Å². The molecule has 1 heterocycles. The van der Waals surface area contributed by atoms with E-state index in [1.54, 1.807) is 6.92 Å². The molecule has 0 saturated heterocycles. The van der Waals surface area contributed by atoms with Crippen LogP contribution in [0.3, 0.4) is 0 Å². The number of carboxylic acids is 1. The number of aromatic amines is 1. The summed E-state index contributed by atoms with van der Waals surface area (Å²) in [4.78, 5) is 35.4. The van der Waals surface area contributed by atoms with Crippen LogP contribution in [0, 0.1) is 10.1 Å². The van der Waals surface area contributed by atoms with E-state index in [0.717, 1.165) is 0 Å². The van der Waals surface area contributed by atoms with Gasteiger partial charge in [-0.1, -0.05) is 6.92 Å². The molecular weight excluding hydrogens is 290 g/mol. The molecule has 0 aliphatic carbocycles. The molecule has 0 unspecified atom stereocenters. The molecule has 0 aliphatic rings. The zero-order valence-corrected chi connectivity index (χ0v) is 11.8. The van der Waals surface area contributed by atoms with E-state index in [2.05, 4.69) is 10.3 Å². The lowest BCUT2D eigenvalue weighted by molar-refractivity contribution is -0.384. The van der Waals surface area contributed by atoms with Gasteiger partial charge >= 0.3 is 0 Å². The fourth-order valence-corrected chi connectivity index (χ4v) is 2.24. The predicted molar refractivity (Wildman–Crippen MR) is 76.3 cm³/mol. The van der Waals surface area contributed by atoms with E-state index in [1.807, 2.05) is 0 Å².